The molecule has 0 radical (unpaired) electrons. The number of hydrogen-bond donors (Lipinski definition) is 2. The Bertz CT molecular complexity index is 522. The predicted molar refractivity (Wildman–Crippen MR) is 89.4 cm³/mol. The molecule has 7 heteroatoms. The molecule has 2 rings (SSSR count). The van der Waals surface area contributed by atoms with Crippen molar-refractivity contribution in [3.8, 4) is 0 Å². The molecule has 2 heterocycles. The number of nitrogens with one attached hydrogen (secondary N) is 1. The summed E-state index contributed by atoms with van der Waals surface area (Å²) < 4.78 is 5.28. The van der Waals surface area contributed by atoms with Crippen LogP contribution in [0.25, 0.3) is 0 Å². The van der Waals surface area contributed by atoms with Gasteiger partial charge in [0, 0.05) is 58.6 Å². The summed E-state index contributed by atoms with van der Waals surface area (Å²) in [4.78, 5) is 27.5. The number of carbonyl (C=O) groups is 2. The second-order valence-electron chi connectivity index (χ2n) is 6.52. The monoisotopic (exact) mass is 337 g/mol. The Morgan fingerprint density at radius 1 is 1.42 bits per heavy atom. The normalized spacial score (nSPS) is 16.7. The summed E-state index contributed by atoms with van der Waals surface area (Å²) in [6, 6.07) is 3.67. The number of amides is 3. The zero-order valence-corrected chi connectivity index (χ0v) is 14.4. The maximum atomic E-state index is 12.3. The minimum Gasteiger partial charge on any atom is -0.469 e. The van der Waals surface area contributed by atoms with Crippen molar-refractivity contribution in [1.29, 1.82) is 0 Å². The molecule has 24 heavy (non-hydrogen) atoms. The summed E-state index contributed by atoms with van der Waals surface area (Å²) in [7, 11) is 3.46. The molecule has 1 fully saturated rings. The van der Waals surface area contributed by atoms with Gasteiger partial charge < -0.3 is 24.6 Å². The van der Waals surface area contributed by atoms with E-state index in [1.807, 2.05) is 12.1 Å². The average Bonchev–Trinajstić information content (AvgIpc) is 3.10. The van der Waals surface area contributed by atoms with Crippen LogP contribution in [-0.2, 0) is 11.2 Å². The standard InChI is InChI=1S/C17H27N3O4/c1-19(2)17(23)20-7-5-14(6-8-20)16(22)18-11-13(12-21)10-15-4-3-9-24-15/h3-4,9,13-14,21H,5-8,10-12H2,1-2H3,(H,18,22). The molecule has 134 valence electrons. The molecule has 0 aliphatic carbocycles. The number of rotatable bonds is 6. The zero-order valence-electron chi connectivity index (χ0n) is 14.4. The average molecular weight is 337 g/mol. The molecule has 7 nitrogen and oxygen atoms in total. The van der Waals surface area contributed by atoms with Gasteiger partial charge in [-0.2, -0.15) is 0 Å². The van der Waals surface area contributed by atoms with Gasteiger partial charge in [0.2, 0.25) is 5.91 Å². The van der Waals surface area contributed by atoms with E-state index in [1.165, 1.54) is 0 Å². The first-order valence-electron chi connectivity index (χ1n) is 8.38. The Kier molecular flexibility index (Phi) is 6.66. The van der Waals surface area contributed by atoms with Crippen LogP contribution in [-0.4, -0.2) is 67.2 Å². The number of hydrogen-bond acceptors (Lipinski definition) is 4. The molecule has 1 unspecified atom stereocenters. The summed E-state index contributed by atoms with van der Waals surface area (Å²) in [6.45, 7) is 1.62. The SMILES string of the molecule is CN(C)C(=O)N1CCC(C(=O)NCC(CO)Cc2ccco2)CC1. The molecular formula is C17H27N3O4. The van der Waals surface area contributed by atoms with Crippen molar-refractivity contribution in [3.05, 3.63) is 24.2 Å². The fourth-order valence-electron chi connectivity index (χ4n) is 2.92. The summed E-state index contributed by atoms with van der Waals surface area (Å²) in [6.07, 6.45) is 3.55. The third-order valence-corrected chi connectivity index (χ3v) is 4.41. The van der Waals surface area contributed by atoms with E-state index in [0.29, 0.717) is 38.9 Å². The van der Waals surface area contributed by atoms with Crippen LogP contribution >= 0.6 is 0 Å². The highest BCUT2D eigenvalue weighted by Gasteiger charge is 2.28. The van der Waals surface area contributed by atoms with Gasteiger partial charge in [0.15, 0.2) is 0 Å². The van der Waals surface area contributed by atoms with E-state index in [1.54, 1.807) is 30.2 Å². The first-order chi connectivity index (χ1) is 11.5. The number of likely N-dealkylation sites (tertiary alicyclic amines) is 1. The second-order valence-corrected chi connectivity index (χ2v) is 6.52. The summed E-state index contributed by atoms with van der Waals surface area (Å²) >= 11 is 0. The van der Waals surface area contributed by atoms with Crippen molar-refractivity contribution < 1.29 is 19.1 Å². The van der Waals surface area contributed by atoms with Gasteiger partial charge in [-0.1, -0.05) is 0 Å². The van der Waals surface area contributed by atoms with Gasteiger partial charge in [0.1, 0.15) is 5.76 Å². The quantitative estimate of drug-likeness (QED) is 0.809. The predicted octanol–water partition coefficient (Wildman–Crippen LogP) is 0.940. The minimum absolute atomic E-state index is 0.00321. The third-order valence-electron chi connectivity index (χ3n) is 4.41. The number of nitrogens with zero attached hydrogens (tertiary/aromatic N) is 2. The Hall–Kier alpha value is -2.02. The largest absolute Gasteiger partial charge is 0.469 e. The van der Waals surface area contributed by atoms with E-state index < -0.39 is 0 Å². The zero-order chi connectivity index (χ0) is 17.5. The number of aliphatic hydroxyl groups is 1. The van der Waals surface area contributed by atoms with Gasteiger partial charge in [-0.25, -0.2) is 4.79 Å². The number of aliphatic hydroxyl groups excluding tert-OH is 1. The van der Waals surface area contributed by atoms with Gasteiger partial charge in [0.25, 0.3) is 0 Å². The van der Waals surface area contributed by atoms with Gasteiger partial charge in [-0.3, -0.25) is 4.79 Å². The molecule has 2 N–H and O–H groups in total. The van der Waals surface area contributed by atoms with E-state index in [-0.39, 0.29) is 30.4 Å². The lowest BCUT2D eigenvalue weighted by Gasteiger charge is -2.33. The van der Waals surface area contributed by atoms with E-state index >= 15 is 0 Å². The molecule has 1 atom stereocenters. The highest BCUT2D eigenvalue weighted by atomic mass is 16.3. The van der Waals surface area contributed by atoms with Gasteiger partial charge in [-0.15, -0.1) is 0 Å². The highest BCUT2D eigenvalue weighted by Crippen LogP contribution is 2.18. The fourth-order valence-corrected chi connectivity index (χ4v) is 2.92. The number of carbonyl (C=O) groups excluding carboxylic acids is 2. The van der Waals surface area contributed by atoms with Crippen LogP contribution in [0.4, 0.5) is 4.79 Å². The topological polar surface area (TPSA) is 86.0 Å². The van der Waals surface area contributed by atoms with Crippen molar-refractivity contribution in [1.82, 2.24) is 15.1 Å². The molecule has 0 saturated carbocycles. The van der Waals surface area contributed by atoms with E-state index in [2.05, 4.69) is 5.32 Å². The fraction of sp³-hybridized carbons (Fsp3) is 0.647. The lowest BCUT2D eigenvalue weighted by atomic mass is 9.95. The maximum Gasteiger partial charge on any atom is 0.319 e. The molecule has 1 aromatic heterocycles. The van der Waals surface area contributed by atoms with Crippen LogP contribution in [0, 0.1) is 11.8 Å². The second kappa shape index (κ2) is 8.73. The van der Waals surface area contributed by atoms with Crippen LogP contribution < -0.4 is 5.32 Å². The van der Waals surface area contributed by atoms with Crippen molar-refractivity contribution in [2.24, 2.45) is 11.8 Å². The Morgan fingerprint density at radius 2 is 2.12 bits per heavy atom. The minimum atomic E-state index is -0.0702. The smallest absolute Gasteiger partial charge is 0.319 e. The highest BCUT2D eigenvalue weighted by molar-refractivity contribution is 5.79. The van der Waals surface area contributed by atoms with E-state index in [4.69, 9.17) is 4.42 Å². The van der Waals surface area contributed by atoms with E-state index in [9.17, 15) is 14.7 Å². The molecule has 0 aromatic carbocycles. The molecule has 3 amide bonds. The number of urea groups is 1. The van der Waals surface area contributed by atoms with Gasteiger partial charge >= 0.3 is 6.03 Å². The molecule has 1 saturated heterocycles. The summed E-state index contributed by atoms with van der Waals surface area (Å²) in [5, 5.41) is 12.4. The summed E-state index contributed by atoms with van der Waals surface area (Å²) in [5.41, 5.74) is 0. The molecule has 0 spiro atoms. The van der Waals surface area contributed by atoms with Crippen LogP contribution in [0.1, 0.15) is 18.6 Å². The van der Waals surface area contributed by atoms with Gasteiger partial charge in [-0.05, 0) is 25.0 Å². The van der Waals surface area contributed by atoms with Crippen LogP contribution in [0.5, 0.6) is 0 Å². The molecule has 1 aliphatic rings. The third kappa shape index (κ3) is 4.99. The number of furan rings is 1. The molecule has 1 aliphatic heterocycles. The van der Waals surface area contributed by atoms with Crippen LogP contribution in [0.3, 0.4) is 0 Å². The van der Waals surface area contributed by atoms with E-state index in [0.717, 1.165) is 5.76 Å². The first kappa shape index (κ1) is 18.3. The Balaban J connectivity index is 1.74. The van der Waals surface area contributed by atoms with Crippen LogP contribution in [0.15, 0.2) is 22.8 Å². The van der Waals surface area contributed by atoms with Crippen molar-refractivity contribution in [3.63, 3.8) is 0 Å². The summed E-state index contributed by atoms with van der Waals surface area (Å²) in [5.74, 6) is 0.679. The maximum absolute atomic E-state index is 12.3. The first-order valence-corrected chi connectivity index (χ1v) is 8.38. The van der Waals surface area contributed by atoms with Gasteiger partial charge in [0.05, 0.1) is 6.26 Å². The van der Waals surface area contributed by atoms with Crippen molar-refractivity contribution in [2.75, 3.05) is 40.3 Å². The lowest BCUT2D eigenvalue weighted by Crippen LogP contribution is -2.47. The Morgan fingerprint density at radius 3 is 2.67 bits per heavy atom. The molecule has 1 aromatic rings. The number of piperidine rings is 1. The van der Waals surface area contributed by atoms with Crippen molar-refractivity contribution >= 4 is 11.9 Å². The molecule has 0 bridgehead atoms. The Labute approximate surface area is 142 Å². The lowest BCUT2D eigenvalue weighted by molar-refractivity contribution is -0.126. The van der Waals surface area contributed by atoms with Crippen LogP contribution in [0.2, 0.25) is 0 Å². The molecular weight excluding hydrogens is 310 g/mol. The van der Waals surface area contributed by atoms with Crippen molar-refractivity contribution in [2.45, 2.75) is 19.3 Å².